The predicted octanol–water partition coefficient (Wildman–Crippen LogP) is 1.49. The number of imidazole rings is 1. The number of alkyl halides is 1. The van der Waals surface area contributed by atoms with Crippen molar-refractivity contribution in [3.63, 3.8) is 0 Å². The van der Waals surface area contributed by atoms with Gasteiger partial charge in [0.15, 0.2) is 0 Å². The van der Waals surface area contributed by atoms with Crippen molar-refractivity contribution in [1.82, 2.24) is 9.97 Å². The highest BCUT2D eigenvalue weighted by Crippen LogP contribution is 2.24. The van der Waals surface area contributed by atoms with Crippen molar-refractivity contribution in [2.75, 3.05) is 5.88 Å². The van der Waals surface area contributed by atoms with Gasteiger partial charge in [0.25, 0.3) is 0 Å². The monoisotopic (exact) mass is 252 g/mol. The van der Waals surface area contributed by atoms with E-state index in [1.54, 1.807) is 6.07 Å². The number of nitrogens with zero attached hydrogens (tertiary/aromatic N) is 2. The van der Waals surface area contributed by atoms with Crippen molar-refractivity contribution in [3.8, 4) is 0 Å². The van der Waals surface area contributed by atoms with E-state index >= 15 is 0 Å². The van der Waals surface area contributed by atoms with Crippen LogP contribution in [-0.2, 0) is 0 Å². The maximum atomic E-state index is 11.1. The number of carboxylic acids is 1. The Morgan fingerprint density at radius 1 is 1.59 bits per heavy atom. The lowest BCUT2D eigenvalue weighted by atomic mass is 10.1. The van der Waals surface area contributed by atoms with Crippen molar-refractivity contribution in [1.29, 1.82) is 0 Å². The summed E-state index contributed by atoms with van der Waals surface area (Å²) >= 11 is 5.51. The van der Waals surface area contributed by atoms with E-state index in [2.05, 4.69) is 15.0 Å². The van der Waals surface area contributed by atoms with Crippen LogP contribution in [0.25, 0.3) is 11.0 Å². The van der Waals surface area contributed by atoms with Crippen molar-refractivity contribution in [2.45, 2.75) is 0 Å². The summed E-state index contributed by atoms with van der Waals surface area (Å²) < 4.78 is 0. The first-order valence-electron chi connectivity index (χ1n) is 4.71. The van der Waals surface area contributed by atoms with E-state index in [0.29, 0.717) is 11.0 Å². The second kappa shape index (κ2) is 4.42. The number of hydrogen-bond acceptors (Lipinski definition) is 3. The van der Waals surface area contributed by atoms with Crippen molar-refractivity contribution < 1.29 is 9.90 Å². The molecule has 0 radical (unpaired) electrons. The fraction of sp³-hybridized carbons (Fsp3) is 0.100. The number of aromatic nitrogens is 2. The quantitative estimate of drug-likeness (QED) is 0.437. The molecule has 1 aromatic heterocycles. The summed E-state index contributed by atoms with van der Waals surface area (Å²) in [7, 11) is 0. The number of amidine groups is 1. The molecular formula is C10H9ClN4O2. The normalized spacial score (nSPS) is 11.9. The molecule has 0 fully saturated rings. The number of rotatable bonds is 3. The molecule has 88 valence electrons. The minimum absolute atomic E-state index is 0.0393. The zero-order valence-corrected chi connectivity index (χ0v) is 9.40. The molecule has 6 nitrogen and oxygen atoms in total. The van der Waals surface area contributed by atoms with Gasteiger partial charge in [0.1, 0.15) is 5.84 Å². The van der Waals surface area contributed by atoms with Crippen molar-refractivity contribution in [3.05, 3.63) is 24.0 Å². The molecule has 0 saturated carbocycles. The molecule has 0 aliphatic heterocycles. The average molecular weight is 253 g/mol. The predicted molar refractivity (Wildman–Crippen MR) is 65.1 cm³/mol. The first-order chi connectivity index (χ1) is 8.11. The van der Waals surface area contributed by atoms with Gasteiger partial charge in [-0.25, -0.2) is 14.8 Å². The van der Waals surface area contributed by atoms with E-state index in [9.17, 15) is 4.79 Å². The van der Waals surface area contributed by atoms with Gasteiger partial charge in [0.05, 0.1) is 34.5 Å². The molecule has 0 saturated heterocycles. The second-order valence-corrected chi connectivity index (χ2v) is 3.60. The zero-order valence-electron chi connectivity index (χ0n) is 8.64. The van der Waals surface area contributed by atoms with Gasteiger partial charge in [-0.2, -0.15) is 0 Å². The number of hydrogen-bond donors (Lipinski definition) is 3. The maximum Gasteiger partial charge on any atom is 0.337 e. The molecule has 0 unspecified atom stereocenters. The van der Waals surface area contributed by atoms with E-state index in [4.69, 9.17) is 22.4 Å². The topological polar surface area (TPSA) is 104 Å². The van der Waals surface area contributed by atoms with Gasteiger partial charge in [0, 0.05) is 0 Å². The molecule has 0 atom stereocenters. The molecular weight excluding hydrogens is 244 g/mol. The molecule has 4 N–H and O–H groups in total. The summed E-state index contributed by atoms with van der Waals surface area (Å²) in [6.45, 7) is 0. The molecule has 7 heteroatoms. The summed E-state index contributed by atoms with van der Waals surface area (Å²) in [5.41, 5.74) is 7.04. The molecule has 1 heterocycles. The Labute approximate surface area is 101 Å². The second-order valence-electron chi connectivity index (χ2n) is 3.33. The molecule has 0 aliphatic carbocycles. The van der Waals surface area contributed by atoms with E-state index in [-0.39, 0.29) is 23.0 Å². The van der Waals surface area contributed by atoms with Crippen LogP contribution < -0.4 is 5.73 Å². The van der Waals surface area contributed by atoms with Crippen LogP contribution in [0.15, 0.2) is 23.5 Å². The number of aromatic carboxylic acids is 1. The smallest absolute Gasteiger partial charge is 0.337 e. The Morgan fingerprint density at radius 3 is 3.00 bits per heavy atom. The molecule has 2 rings (SSSR count). The summed E-state index contributed by atoms with van der Waals surface area (Å²) in [6.07, 6.45) is 1.48. The molecule has 0 spiro atoms. The number of aliphatic imine (C=N–C) groups is 1. The third-order valence-corrected chi connectivity index (χ3v) is 2.44. The van der Waals surface area contributed by atoms with Crippen LogP contribution in [0.1, 0.15) is 10.4 Å². The first-order valence-corrected chi connectivity index (χ1v) is 5.24. The van der Waals surface area contributed by atoms with Gasteiger partial charge in [-0.15, -0.1) is 11.6 Å². The van der Waals surface area contributed by atoms with Gasteiger partial charge >= 0.3 is 5.97 Å². The average Bonchev–Trinajstić information content (AvgIpc) is 2.74. The van der Waals surface area contributed by atoms with Crippen LogP contribution in [0.5, 0.6) is 0 Å². The standard InChI is InChI=1S/C10H9ClN4O2/c11-3-9(12)15-6-2-8-7(13-4-14-8)1-5(6)10(16)17/h1-2,4H,3H2,(H2,12,15)(H,13,14)(H,16,17). The Bertz CT molecular complexity index is 605. The third kappa shape index (κ3) is 2.21. The molecule has 0 bridgehead atoms. The fourth-order valence-electron chi connectivity index (χ4n) is 1.42. The van der Waals surface area contributed by atoms with Crippen molar-refractivity contribution in [2.24, 2.45) is 10.7 Å². The van der Waals surface area contributed by atoms with Gasteiger partial charge < -0.3 is 15.8 Å². The number of nitrogens with one attached hydrogen (secondary N) is 1. The van der Waals surface area contributed by atoms with Crippen molar-refractivity contribution >= 4 is 40.1 Å². The molecule has 1 aromatic carbocycles. The van der Waals surface area contributed by atoms with Crippen LogP contribution in [0.2, 0.25) is 0 Å². The molecule has 17 heavy (non-hydrogen) atoms. The SMILES string of the molecule is NC(CCl)=Nc1cc2nc[nH]c2cc1C(=O)O. The van der Waals surface area contributed by atoms with Gasteiger partial charge in [0.2, 0.25) is 0 Å². The molecule has 2 aromatic rings. The third-order valence-electron chi connectivity index (χ3n) is 2.17. The van der Waals surface area contributed by atoms with Gasteiger partial charge in [-0.1, -0.05) is 0 Å². The van der Waals surface area contributed by atoms with Crippen LogP contribution in [0.3, 0.4) is 0 Å². The van der Waals surface area contributed by atoms with E-state index in [0.717, 1.165) is 0 Å². The minimum atomic E-state index is -1.08. The van der Waals surface area contributed by atoms with E-state index in [1.807, 2.05) is 0 Å². The number of carbonyl (C=O) groups is 1. The Kier molecular flexibility index (Phi) is 2.97. The summed E-state index contributed by atoms with van der Waals surface area (Å²) in [5.74, 6) is -0.885. The van der Waals surface area contributed by atoms with Crippen LogP contribution in [0.4, 0.5) is 5.69 Å². The maximum absolute atomic E-state index is 11.1. The highest BCUT2D eigenvalue weighted by Gasteiger charge is 2.12. The number of H-pyrrole nitrogens is 1. The van der Waals surface area contributed by atoms with Crippen LogP contribution in [-0.4, -0.2) is 32.8 Å². The van der Waals surface area contributed by atoms with Crippen LogP contribution in [0, 0.1) is 0 Å². The largest absolute Gasteiger partial charge is 0.478 e. The minimum Gasteiger partial charge on any atom is -0.478 e. The zero-order chi connectivity index (χ0) is 12.4. The molecule has 0 amide bonds. The van der Waals surface area contributed by atoms with Gasteiger partial charge in [-0.3, -0.25) is 0 Å². The first kappa shape index (κ1) is 11.4. The highest BCUT2D eigenvalue weighted by molar-refractivity contribution is 6.28. The number of benzene rings is 1. The summed E-state index contributed by atoms with van der Waals surface area (Å²) in [4.78, 5) is 21.9. The Balaban J connectivity index is 2.65. The number of carboxylic acid groups (broad SMARTS) is 1. The highest BCUT2D eigenvalue weighted by atomic mass is 35.5. The number of fused-ring (bicyclic) bond motifs is 1. The lowest BCUT2D eigenvalue weighted by Gasteiger charge is -2.02. The molecule has 0 aliphatic rings. The van der Waals surface area contributed by atoms with Crippen LogP contribution >= 0.6 is 11.6 Å². The van der Waals surface area contributed by atoms with Gasteiger partial charge in [-0.05, 0) is 12.1 Å². The Hall–Kier alpha value is -2.08. The van der Waals surface area contributed by atoms with E-state index < -0.39 is 5.97 Å². The number of nitrogens with two attached hydrogens (primary N) is 1. The number of halogens is 1. The lowest BCUT2D eigenvalue weighted by molar-refractivity contribution is 0.0698. The summed E-state index contributed by atoms with van der Waals surface area (Å²) in [6, 6.07) is 3.01. The summed E-state index contributed by atoms with van der Waals surface area (Å²) in [5, 5.41) is 9.07. The Morgan fingerprint density at radius 2 is 2.35 bits per heavy atom. The van der Waals surface area contributed by atoms with E-state index in [1.165, 1.54) is 12.4 Å². The fourth-order valence-corrected chi connectivity index (χ4v) is 1.48. The lowest BCUT2D eigenvalue weighted by Crippen LogP contribution is -2.12. The number of aromatic amines is 1.